The summed E-state index contributed by atoms with van der Waals surface area (Å²) in [5.41, 5.74) is 5.90. The third kappa shape index (κ3) is 2.76. The lowest BCUT2D eigenvalue weighted by Gasteiger charge is -2.44. The number of likely N-dealkylation sites (tertiary alicyclic amines) is 1. The third-order valence-electron chi connectivity index (χ3n) is 4.49. The van der Waals surface area contributed by atoms with E-state index in [0.29, 0.717) is 12.0 Å². The predicted molar refractivity (Wildman–Crippen MR) is 66.2 cm³/mol. The first-order valence-corrected chi connectivity index (χ1v) is 6.83. The van der Waals surface area contributed by atoms with Crippen molar-refractivity contribution in [1.82, 2.24) is 4.90 Å². The Morgan fingerprint density at radius 1 is 1.19 bits per heavy atom. The Morgan fingerprint density at radius 3 is 2.50 bits per heavy atom. The number of aliphatic hydroxyl groups is 1. The number of nitrogens with zero attached hydrogens (tertiary/aromatic N) is 1. The van der Waals surface area contributed by atoms with Gasteiger partial charge < -0.3 is 10.8 Å². The highest BCUT2D eigenvalue weighted by molar-refractivity contribution is 4.88. The first kappa shape index (κ1) is 12.3. The molecule has 1 saturated carbocycles. The minimum absolute atomic E-state index is 0.0615. The van der Waals surface area contributed by atoms with Gasteiger partial charge in [-0.1, -0.05) is 13.3 Å². The standard InChI is InChI=1S/C13H26N2O/c1-10-2-3-11(9-14)13(8-10)15-6-4-12(16)5-7-15/h10-13,16H,2-9,14H2,1H3. The first-order valence-electron chi connectivity index (χ1n) is 6.83. The van der Waals surface area contributed by atoms with Crippen molar-refractivity contribution < 1.29 is 5.11 Å². The van der Waals surface area contributed by atoms with Crippen molar-refractivity contribution in [1.29, 1.82) is 0 Å². The molecule has 3 unspecified atom stereocenters. The van der Waals surface area contributed by atoms with Crippen LogP contribution in [0.3, 0.4) is 0 Å². The maximum absolute atomic E-state index is 9.55. The smallest absolute Gasteiger partial charge is 0.0564 e. The Morgan fingerprint density at radius 2 is 1.88 bits per heavy atom. The highest BCUT2D eigenvalue weighted by Crippen LogP contribution is 2.32. The lowest BCUT2D eigenvalue weighted by molar-refractivity contribution is 0.0232. The zero-order valence-electron chi connectivity index (χ0n) is 10.4. The second kappa shape index (κ2) is 5.48. The zero-order valence-corrected chi connectivity index (χ0v) is 10.4. The fourth-order valence-corrected chi connectivity index (χ4v) is 3.35. The zero-order chi connectivity index (χ0) is 11.5. The van der Waals surface area contributed by atoms with Gasteiger partial charge in [0, 0.05) is 19.1 Å². The quantitative estimate of drug-likeness (QED) is 0.744. The van der Waals surface area contributed by atoms with Crippen LogP contribution < -0.4 is 5.73 Å². The summed E-state index contributed by atoms with van der Waals surface area (Å²) in [6.45, 7) is 5.32. The molecule has 3 N–H and O–H groups in total. The van der Waals surface area contributed by atoms with Crippen LogP contribution in [0.1, 0.15) is 39.0 Å². The molecule has 1 saturated heterocycles. The van der Waals surface area contributed by atoms with Crippen LogP contribution in [0.15, 0.2) is 0 Å². The summed E-state index contributed by atoms with van der Waals surface area (Å²) in [7, 11) is 0. The van der Waals surface area contributed by atoms with Crippen molar-refractivity contribution >= 4 is 0 Å². The third-order valence-corrected chi connectivity index (χ3v) is 4.49. The van der Waals surface area contributed by atoms with Gasteiger partial charge in [-0.2, -0.15) is 0 Å². The number of piperidine rings is 1. The molecule has 2 rings (SSSR count). The van der Waals surface area contributed by atoms with Gasteiger partial charge >= 0.3 is 0 Å². The molecule has 16 heavy (non-hydrogen) atoms. The summed E-state index contributed by atoms with van der Waals surface area (Å²) in [6, 6.07) is 0.682. The molecule has 3 heteroatoms. The van der Waals surface area contributed by atoms with Crippen molar-refractivity contribution in [3.63, 3.8) is 0 Å². The molecule has 1 aliphatic heterocycles. The van der Waals surface area contributed by atoms with E-state index in [4.69, 9.17) is 5.73 Å². The molecule has 3 nitrogen and oxygen atoms in total. The van der Waals surface area contributed by atoms with Crippen LogP contribution in [-0.2, 0) is 0 Å². The molecule has 0 radical (unpaired) electrons. The summed E-state index contributed by atoms with van der Waals surface area (Å²) >= 11 is 0. The number of rotatable bonds is 2. The Labute approximate surface area is 99.0 Å². The first-order chi connectivity index (χ1) is 7.70. The van der Waals surface area contributed by atoms with Gasteiger partial charge in [0.2, 0.25) is 0 Å². The van der Waals surface area contributed by atoms with Gasteiger partial charge in [-0.15, -0.1) is 0 Å². The number of hydrogen-bond acceptors (Lipinski definition) is 3. The van der Waals surface area contributed by atoms with E-state index in [2.05, 4.69) is 11.8 Å². The Kier molecular flexibility index (Phi) is 4.22. The van der Waals surface area contributed by atoms with Gasteiger partial charge in [0.05, 0.1) is 6.10 Å². The molecule has 2 fully saturated rings. The van der Waals surface area contributed by atoms with Crippen LogP contribution in [-0.4, -0.2) is 41.8 Å². The summed E-state index contributed by atoms with van der Waals surface area (Å²) in [6.07, 6.45) is 5.77. The van der Waals surface area contributed by atoms with Crippen LogP contribution >= 0.6 is 0 Å². The van der Waals surface area contributed by atoms with Crippen molar-refractivity contribution in [2.75, 3.05) is 19.6 Å². The van der Waals surface area contributed by atoms with E-state index in [1.54, 1.807) is 0 Å². The SMILES string of the molecule is CC1CCC(CN)C(N2CCC(O)CC2)C1. The number of hydrogen-bond donors (Lipinski definition) is 2. The lowest BCUT2D eigenvalue weighted by Crippen LogP contribution is -2.50. The molecule has 0 bridgehead atoms. The number of aliphatic hydroxyl groups excluding tert-OH is 1. The Balaban J connectivity index is 1.94. The number of nitrogens with two attached hydrogens (primary N) is 1. The highest BCUT2D eigenvalue weighted by Gasteiger charge is 2.33. The Hall–Kier alpha value is -0.120. The summed E-state index contributed by atoms with van der Waals surface area (Å²) in [5, 5.41) is 9.55. The van der Waals surface area contributed by atoms with Crippen LogP contribution in [0.5, 0.6) is 0 Å². The molecular weight excluding hydrogens is 200 g/mol. The van der Waals surface area contributed by atoms with Gasteiger partial charge in [0.25, 0.3) is 0 Å². The van der Waals surface area contributed by atoms with Crippen molar-refractivity contribution in [2.45, 2.75) is 51.2 Å². The molecule has 2 aliphatic rings. The van der Waals surface area contributed by atoms with E-state index in [-0.39, 0.29) is 6.10 Å². The molecule has 3 atom stereocenters. The fourth-order valence-electron chi connectivity index (χ4n) is 3.35. The molecule has 0 aromatic heterocycles. The van der Waals surface area contributed by atoms with E-state index < -0.39 is 0 Å². The van der Waals surface area contributed by atoms with Crippen molar-refractivity contribution in [3.05, 3.63) is 0 Å². The monoisotopic (exact) mass is 226 g/mol. The summed E-state index contributed by atoms with van der Waals surface area (Å²) < 4.78 is 0. The van der Waals surface area contributed by atoms with Gasteiger partial charge in [-0.25, -0.2) is 0 Å². The van der Waals surface area contributed by atoms with Crippen LogP contribution in [0.25, 0.3) is 0 Å². The average Bonchev–Trinajstić information content (AvgIpc) is 2.30. The van der Waals surface area contributed by atoms with Crippen molar-refractivity contribution in [3.8, 4) is 0 Å². The van der Waals surface area contributed by atoms with E-state index in [0.717, 1.165) is 38.4 Å². The molecule has 0 aromatic carbocycles. The normalized spacial score (nSPS) is 38.8. The molecule has 94 valence electrons. The topological polar surface area (TPSA) is 49.5 Å². The van der Waals surface area contributed by atoms with Gasteiger partial charge in [-0.05, 0) is 44.1 Å². The van der Waals surface area contributed by atoms with Crippen LogP contribution in [0, 0.1) is 11.8 Å². The summed E-state index contributed by atoms with van der Waals surface area (Å²) in [5.74, 6) is 1.53. The largest absolute Gasteiger partial charge is 0.393 e. The van der Waals surface area contributed by atoms with Gasteiger partial charge in [0.15, 0.2) is 0 Å². The highest BCUT2D eigenvalue weighted by atomic mass is 16.3. The van der Waals surface area contributed by atoms with E-state index in [9.17, 15) is 5.11 Å². The second-order valence-corrected chi connectivity index (χ2v) is 5.75. The Bertz CT molecular complexity index is 214. The van der Waals surface area contributed by atoms with E-state index >= 15 is 0 Å². The van der Waals surface area contributed by atoms with Crippen LogP contribution in [0.2, 0.25) is 0 Å². The second-order valence-electron chi connectivity index (χ2n) is 5.75. The van der Waals surface area contributed by atoms with Gasteiger partial charge in [-0.3, -0.25) is 4.90 Å². The van der Waals surface area contributed by atoms with Gasteiger partial charge in [0.1, 0.15) is 0 Å². The maximum Gasteiger partial charge on any atom is 0.0564 e. The lowest BCUT2D eigenvalue weighted by atomic mass is 9.77. The molecule has 1 heterocycles. The van der Waals surface area contributed by atoms with E-state index in [1.807, 2.05) is 0 Å². The summed E-state index contributed by atoms with van der Waals surface area (Å²) in [4.78, 5) is 2.58. The molecule has 0 aromatic rings. The van der Waals surface area contributed by atoms with Crippen LogP contribution in [0.4, 0.5) is 0 Å². The van der Waals surface area contributed by atoms with E-state index in [1.165, 1.54) is 19.3 Å². The minimum Gasteiger partial charge on any atom is -0.393 e. The van der Waals surface area contributed by atoms with Crippen molar-refractivity contribution in [2.24, 2.45) is 17.6 Å². The average molecular weight is 226 g/mol. The fraction of sp³-hybridized carbons (Fsp3) is 1.00. The predicted octanol–water partition coefficient (Wildman–Crippen LogP) is 1.21. The molecule has 1 aliphatic carbocycles. The molecular formula is C13H26N2O. The maximum atomic E-state index is 9.55. The minimum atomic E-state index is -0.0615. The molecule has 0 spiro atoms. The molecule has 0 amide bonds.